The first kappa shape index (κ1) is 18.5. The fourth-order valence-electron chi connectivity index (χ4n) is 3.40. The number of benzene rings is 1. The Morgan fingerprint density at radius 3 is 2.54 bits per heavy atom. The van der Waals surface area contributed by atoms with Crippen LogP contribution < -0.4 is 5.32 Å². The van der Waals surface area contributed by atoms with Crippen molar-refractivity contribution in [2.45, 2.75) is 37.1 Å². The lowest BCUT2D eigenvalue weighted by atomic mass is 9.88. The summed E-state index contributed by atoms with van der Waals surface area (Å²) < 4.78 is 25.0. The lowest BCUT2D eigenvalue weighted by Crippen LogP contribution is -2.19. The highest BCUT2D eigenvalue weighted by Crippen LogP contribution is 2.25. The highest BCUT2D eigenvalue weighted by Gasteiger charge is 2.20. The molecule has 0 bridgehead atoms. The number of Topliss-reactive ketones (excluding diaryl/α,β-unsaturated/α-hetero) is 1. The minimum Gasteiger partial charge on any atom is -0.324 e. The summed E-state index contributed by atoms with van der Waals surface area (Å²) in [6, 6.07) is 6.45. The van der Waals surface area contributed by atoms with Crippen molar-refractivity contribution in [3.63, 3.8) is 0 Å². The Morgan fingerprint density at radius 1 is 1.14 bits per heavy atom. The van der Waals surface area contributed by atoms with Crippen molar-refractivity contribution in [1.29, 1.82) is 0 Å². The Kier molecular flexibility index (Phi) is 4.84. The zero-order chi connectivity index (χ0) is 19.7. The monoisotopic (exact) mass is 399 g/mol. The molecule has 4 rings (SSSR count). The predicted molar refractivity (Wildman–Crippen MR) is 105 cm³/mol. The third-order valence-electron chi connectivity index (χ3n) is 5.01. The van der Waals surface area contributed by atoms with E-state index in [2.05, 4.69) is 20.4 Å². The first-order valence-electron chi connectivity index (χ1n) is 9.16. The number of anilines is 2. The second-order valence-electron chi connectivity index (χ2n) is 7.20. The minimum atomic E-state index is -3.23. The maximum Gasteiger partial charge on any atom is 0.229 e. The van der Waals surface area contributed by atoms with Crippen LogP contribution in [0.4, 0.5) is 11.6 Å². The molecule has 28 heavy (non-hydrogen) atoms. The zero-order valence-corrected chi connectivity index (χ0v) is 16.3. The number of carbonyl (C=O) groups excluding carboxylic acids is 1. The maximum atomic E-state index is 11.6. The van der Waals surface area contributed by atoms with Crippen molar-refractivity contribution in [3.8, 4) is 0 Å². The van der Waals surface area contributed by atoms with E-state index in [4.69, 9.17) is 0 Å². The van der Waals surface area contributed by atoms with Gasteiger partial charge in [-0.1, -0.05) is 0 Å². The van der Waals surface area contributed by atoms with Gasteiger partial charge in [0.1, 0.15) is 5.78 Å². The molecule has 2 heterocycles. The van der Waals surface area contributed by atoms with Gasteiger partial charge in [-0.25, -0.2) is 18.1 Å². The normalized spacial score (nSPS) is 15.8. The fourth-order valence-corrected chi connectivity index (χ4v) is 4.03. The third-order valence-corrected chi connectivity index (χ3v) is 6.14. The molecule has 1 aliphatic carbocycles. The van der Waals surface area contributed by atoms with Crippen LogP contribution in [0, 0.1) is 5.92 Å². The molecule has 2 aromatic heterocycles. The van der Waals surface area contributed by atoms with Gasteiger partial charge in [0.25, 0.3) is 0 Å². The van der Waals surface area contributed by atoms with E-state index in [0.717, 1.165) is 30.4 Å². The van der Waals surface area contributed by atoms with Crippen LogP contribution in [0.3, 0.4) is 0 Å². The van der Waals surface area contributed by atoms with E-state index in [-0.39, 0.29) is 4.90 Å². The molecule has 0 aliphatic heterocycles. The summed E-state index contributed by atoms with van der Waals surface area (Å²) in [6.07, 6.45) is 7.71. The second kappa shape index (κ2) is 7.31. The van der Waals surface area contributed by atoms with Crippen LogP contribution in [-0.2, 0) is 21.2 Å². The number of hydrogen-bond donors (Lipinski definition) is 1. The molecule has 1 fully saturated rings. The van der Waals surface area contributed by atoms with E-state index in [9.17, 15) is 13.2 Å². The highest BCUT2D eigenvalue weighted by molar-refractivity contribution is 7.90. The van der Waals surface area contributed by atoms with Gasteiger partial charge in [-0.2, -0.15) is 10.1 Å². The van der Waals surface area contributed by atoms with Crippen molar-refractivity contribution in [1.82, 2.24) is 19.7 Å². The summed E-state index contributed by atoms with van der Waals surface area (Å²) in [4.78, 5) is 20.6. The van der Waals surface area contributed by atoms with Crippen LogP contribution >= 0.6 is 0 Å². The van der Waals surface area contributed by atoms with Gasteiger partial charge in [0.05, 0.1) is 16.5 Å². The standard InChI is InChI=1S/C19H21N5O3S/c1-28(26,27)17-8-4-15(5-9-17)22-19-20-10-14-11-21-24(18(14)23-19)12-13-2-6-16(25)7-3-13/h4-5,8-11,13H,2-3,6-7,12H2,1H3,(H,20,22,23). The third kappa shape index (κ3) is 4.04. The molecule has 1 aromatic carbocycles. The molecule has 9 heteroatoms. The first-order valence-corrected chi connectivity index (χ1v) is 11.0. The topological polar surface area (TPSA) is 107 Å². The molecule has 1 saturated carbocycles. The number of rotatable bonds is 5. The van der Waals surface area contributed by atoms with E-state index in [0.29, 0.717) is 36.2 Å². The van der Waals surface area contributed by atoms with Gasteiger partial charge >= 0.3 is 0 Å². The quantitative estimate of drug-likeness (QED) is 0.703. The van der Waals surface area contributed by atoms with Crippen molar-refractivity contribution < 1.29 is 13.2 Å². The number of aromatic nitrogens is 4. The molecule has 0 spiro atoms. The molecule has 0 atom stereocenters. The zero-order valence-electron chi connectivity index (χ0n) is 15.5. The number of nitrogens with zero attached hydrogens (tertiary/aromatic N) is 4. The van der Waals surface area contributed by atoms with Crippen LogP contribution in [0.5, 0.6) is 0 Å². The van der Waals surface area contributed by atoms with Crippen molar-refractivity contribution >= 4 is 38.3 Å². The SMILES string of the molecule is CS(=O)(=O)c1ccc(Nc2ncc3cnn(CC4CCC(=O)CC4)c3n2)cc1. The van der Waals surface area contributed by atoms with Crippen molar-refractivity contribution in [2.75, 3.05) is 11.6 Å². The van der Waals surface area contributed by atoms with Gasteiger partial charge in [-0.05, 0) is 43.0 Å². The lowest BCUT2D eigenvalue weighted by molar-refractivity contribution is -0.121. The average Bonchev–Trinajstić information content (AvgIpc) is 3.05. The summed E-state index contributed by atoms with van der Waals surface area (Å²) >= 11 is 0. The van der Waals surface area contributed by atoms with Crippen LogP contribution in [0.15, 0.2) is 41.6 Å². The lowest BCUT2D eigenvalue weighted by Gasteiger charge is -2.20. The summed E-state index contributed by atoms with van der Waals surface area (Å²) in [5, 5.41) is 8.38. The maximum absolute atomic E-state index is 11.6. The first-order chi connectivity index (χ1) is 13.4. The average molecular weight is 399 g/mol. The summed E-state index contributed by atoms with van der Waals surface area (Å²) in [5.41, 5.74) is 1.44. The van der Waals surface area contributed by atoms with Gasteiger partial charge in [0.2, 0.25) is 5.95 Å². The molecule has 1 N–H and O–H groups in total. The Morgan fingerprint density at radius 2 is 1.86 bits per heavy atom. The molecular formula is C19H21N5O3S. The van der Waals surface area contributed by atoms with Gasteiger partial charge in [-0.3, -0.25) is 4.79 Å². The molecule has 3 aromatic rings. The number of nitrogens with one attached hydrogen (secondary N) is 1. The Hall–Kier alpha value is -2.81. The number of ketones is 1. The Bertz CT molecular complexity index is 1110. The van der Waals surface area contributed by atoms with E-state index in [1.54, 1.807) is 36.7 Å². The van der Waals surface area contributed by atoms with Crippen LogP contribution in [0.2, 0.25) is 0 Å². The predicted octanol–water partition coefficient (Wildman–Crippen LogP) is 2.73. The van der Waals surface area contributed by atoms with Gasteiger partial charge in [-0.15, -0.1) is 0 Å². The van der Waals surface area contributed by atoms with E-state index < -0.39 is 9.84 Å². The smallest absolute Gasteiger partial charge is 0.229 e. The van der Waals surface area contributed by atoms with Gasteiger partial charge < -0.3 is 5.32 Å². The molecule has 0 radical (unpaired) electrons. The van der Waals surface area contributed by atoms with E-state index in [1.165, 1.54) is 6.26 Å². The molecule has 146 valence electrons. The largest absolute Gasteiger partial charge is 0.324 e. The van der Waals surface area contributed by atoms with E-state index >= 15 is 0 Å². The number of hydrogen-bond acceptors (Lipinski definition) is 7. The molecule has 0 amide bonds. The Labute approximate surface area is 162 Å². The Balaban J connectivity index is 1.53. The van der Waals surface area contributed by atoms with Crippen LogP contribution in [0.1, 0.15) is 25.7 Å². The van der Waals surface area contributed by atoms with Crippen molar-refractivity contribution in [3.05, 3.63) is 36.7 Å². The number of sulfone groups is 1. The second-order valence-corrected chi connectivity index (χ2v) is 9.22. The molecule has 0 unspecified atom stereocenters. The minimum absolute atomic E-state index is 0.262. The fraction of sp³-hybridized carbons (Fsp3) is 0.368. The van der Waals surface area contributed by atoms with Crippen LogP contribution in [0.25, 0.3) is 11.0 Å². The summed E-state index contributed by atoms with van der Waals surface area (Å²) in [5.74, 6) is 1.19. The van der Waals surface area contributed by atoms with E-state index in [1.807, 2.05) is 4.68 Å². The molecular weight excluding hydrogens is 378 g/mol. The van der Waals surface area contributed by atoms with Crippen LogP contribution in [-0.4, -0.2) is 40.2 Å². The van der Waals surface area contributed by atoms with Gasteiger partial charge in [0, 0.05) is 37.5 Å². The molecule has 8 nitrogen and oxygen atoms in total. The number of fused-ring (bicyclic) bond motifs is 1. The van der Waals surface area contributed by atoms with Gasteiger partial charge in [0.15, 0.2) is 15.5 Å². The summed E-state index contributed by atoms with van der Waals surface area (Å²) in [6.45, 7) is 0.732. The highest BCUT2D eigenvalue weighted by atomic mass is 32.2. The van der Waals surface area contributed by atoms with Crippen molar-refractivity contribution in [2.24, 2.45) is 5.92 Å². The summed E-state index contributed by atoms with van der Waals surface area (Å²) in [7, 11) is -3.23. The molecule has 0 saturated heterocycles. The number of carbonyl (C=O) groups is 1. The molecule has 1 aliphatic rings.